The minimum Gasteiger partial charge on any atom is -0.310 e. The van der Waals surface area contributed by atoms with E-state index in [9.17, 15) is 0 Å². The van der Waals surface area contributed by atoms with Gasteiger partial charge in [0.2, 0.25) is 0 Å². The highest BCUT2D eigenvalue weighted by atomic mass is 32.1. The Bertz CT molecular complexity index is 3230. The van der Waals surface area contributed by atoms with Crippen molar-refractivity contribution in [1.82, 2.24) is 0 Å². The number of anilines is 3. The molecule has 0 radical (unpaired) electrons. The number of hydrogen-bond acceptors (Lipinski definition) is 2. The SMILES string of the molecule is CC1(C)c2ccccc2C2(c3ccccc3-c3c(-c4ccc(N(c5ccc(-c6ccccc6)cc5)c5ccc6sc7ccccc7c6c5)cc4)cccc32)c2ccccc21. The second-order valence-electron chi connectivity index (χ2n) is 16.8. The van der Waals surface area contributed by atoms with Gasteiger partial charge in [-0.15, -0.1) is 11.3 Å². The highest BCUT2D eigenvalue weighted by molar-refractivity contribution is 7.25. The van der Waals surface area contributed by atoms with Crippen LogP contribution in [0.1, 0.15) is 47.2 Å². The number of hydrogen-bond donors (Lipinski definition) is 0. The first-order valence-electron chi connectivity index (χ1n) is 20.9. The summed E-state index contributed by atoms with van der Waals surface area (Å²) in [6, 6.07) is 79.1. The van der Waals surface area contributed by atoms with Gasteiger partial charge in [0.05, 0.1) is 5.41 Å². The van der Waals surface area contributed by atoms with Crippen molar-refractivity contribution >= 4 is 48.6 Å². The maximum Gasteiger partial charge on any atom is 0.0719 e. The second-order valence-corrected chi connectivity index (χ2v) is 17.9. The smallest absolute Gasteiger partial charge is 0.0719 e. The van der Waals surface area contributed by atoms with Gasteiger partial charge in [0, 0.05) is 42.6 Å². The topological polar surface area (TPSA) is 3.24 Å². The fourth-order valence-electron chi connectivity index (χ4n) is 10.7. The Morgan fingerprint density at radius 1 is 0.350 bits per heavy atom. The summed E-state index contributed by atoms with van der Waals surface area (Å²) in [6.45, 7) is 4.78. The predicted octanol–water partition coefficient (Wildman–Crippen LogP) is 15.9. The molecule has 1 spiro atoms. The minimum atomic E-state index is -0.419. The third kappa shape index (κ3) is 4.98. The van der Waals surface area contributed by atoms with Crippen LogP contribution in [0.4, 0.5) is 17.1 Å². The molecule has 1 aromatic heterocycles. The monoisotopic (exact) mass is 783 g/mol. The second kappa shape index (κ2) is 13.3. The van der Waals surface area contributed by atoms with Gasteiger partial charge in [-0.1, -0.05) is 178 Å². The van der Waals surface area contributed by atoms with Crippen LogP contribution in [0.3, 0.4) is 0 Å². The summed E-state index contributed by atoms with van der Waals surface area (Å²) in [5.74, 6) is 0. The molecule has 0 N–H and O–H groups in total. The van der Waals surface area contributed by atoms with Gasteiger partial charge in [0.15, 0.2) is 0 Å². The molecule has 0 unspecified atom stereocenters. The van der Waals surface area contributed by atoms with Crippen molar-refractivity contribution < 1.29 is 0 Å². The van der Waals surface area contributed by atoms with E-state index in [-0.39, 0.29) is 5.41 Å². The molecule has 0 bridgehead atoms. The average molecular weight is 784 g/mol. The average Bonchev–Trinajstić information content (AvgIpc) is 3.83. The van der Waals surface area contributed by atoms with Crippen molar-refractivity contribution in [1.29, 1.82) is 0 Å². The van der Waals surface area contributed by atoms with Crippen molar-refractivity contribution in [3.8, 4) is 33.4 Å². The van der Waals surface area contributed by atoms with E-state index in [4.69, 9.17) is 0 Å². The zero-order chi connectivity index (χ0) is 40.0. The molecule has 284 valence electrons. The molecule has 0 fully saturated rings. The minimum absolute atomic E-state index is 0.127. The summed E-state index contributed by atoms with van der Waals surface area (Å²) in [5, 5.41) is 2.59. The molecule has 0 saturated heterocycles. The van der Waals surface area contributed by atoms with Gasteiger partial charge in [-0.25, -0.2) is 0 Å². The molecule has 1 heterocycles. The molecular weight excluding hydrogens is 743 g/mol. The Hall–Kier alpha value is -7.00. The number of rotatable bonds is 5. The molecule has 2 heteroatoms. The Kier molecular flexibility index (Phi) is 7.73. The van der Waals surface area contributed by atoms with Gasteiger partial charge in [-0.2, -0.15) is 0 Å². The normalized spacial score (nSPS) is 14.1. The van der Waals surface area contributed by atoms with Crippen molar-refractivity contribution in [2.75, 3.05) is 4.90 Å². The highest BCUT2D eigenvalue weighted by Crippen LogP contribution is 2.63. The van der Waals surface area contributed by atoms with Crippen LogP contribution in [0.5, 0.6) is 0 Å². The van der Waals surface area contributed by atoms with Crippen LogP contribution in [-0.4, -0.2) is 0 Å². The van der Waals surface area contributed by atoms with Crippen molar-refractivity contribution in [2.24, 2.45) is 0 Å². The number of fused-ring (bicyclic) bond motifs is 12. The summed E-state index contributed by atoms with van der Waals surface area (Å²) < 4.78 is 2.62. The predicted molar refractivity (Wildman–Crippen MR) is 254 cm³/mol. The van der Waals surface area contributed by atoms with Crippen LogP contribution >= 0.6 is 11.3 Å². The van der Waals surface area contributed by atoms with Crippen LogP contribution in [0.25, 0.3) is 53.6 Å². The lowest BCUT2D eigenvalue weighted by molar-refractivity contribution is 0.563. The summed E-state index contributed by atoms with van der Waals surface area (Å²) in [6.07, 6.45) is 0. The largest absolute Gasteiger partial charge is 0.310 e. The Morgan fingerprint density at radius 2 is 0.850 bits per heavy atom. The lowest BCUT2D eigenvalue weighted by Crippen LogP contribution is -2.40. The lowest BCUT2D eigenvalue weighted by atomic mass is 9.55. The maximum absolute atomic E-state index is 2.40. The molecule has 2 aliphatic rings. The quantitative estimate of drug-likeness (QED) is 0.168. The van der Waals surface area contributed by atoms with Gasteiger partial charge < -0.3 is 4.90 Å². The maximum atomic E-state index is 2.40. The molecule has 0 saturated carbocycles. The number of thiophene rings is 1. The van der Waals surface area contributed by atoms with Crippen LogP contribution in [0.2, 0.25) is 0 Å². The van der Waals surface area contributed by atoms with E-state index in [2.05, 4.69) is 231 Å². The fourth-order valence-corrected chi connectivity index (χ4v) is 11.8. The van der Waals surface area contributed by atoms with E-state index >= 15 is 0 Å². The molecule has 9 aromatic carbocycles. The van der Waals surface area contributed by atoms with E-state index in [1.807, 2.05) is 11.3 Å². The summed E-state index contributed by atoms with van der Waals surface area (Å²) in [7, 11) is 0. The van der Waals surface area contributed by atoms with E-state index in [1.165, 1.54) is 86.9 Å². The zero-order valence-electron chi connectivity index (χ0n) is 33.6. The molecule has 0 amide bonds. The third-order valence-corrected chi connectivity index (χ3v) is 14.5. The molecule has 1 nitrogen and oxygen atoms in total. The van der Waals surface area contributed by atoms with Crippen LogP contribution in [-0.2, 0) is 10.8 Å². The first-order chi connectivity index (χ1) is 29.5. The van der Waals surface area contributed by atoms with Crippen molar-refractivity contribution in [2.45, 2.75) is 24.7 Å². The Morgan fingerprint density at radius 3 is 1.55 bits per heavy atom. The molecule has 60 heavy (non-hydrogen) atoms. The summed E-state index contributed by atoms with van der Waals surface area (Å²) in [4.78, 5) is 2.40. The van der Waals surface area contributed by atoms with Gasteiger partial charge in [-0.05, 0) is 115 Å². The summed E-state index contributed by atoms with van der Waals surface area (Å²) >= 11 is 1.86. The standard InChI is InChI=1S/C58H41NS/c1-57(2)49-21-9-11-23-51(49)58(52-24-12-10-22-50(52)57)48-20-8-6-18-46(48)56-44(19-14-25-53(56)58)40-29-33-42(34-30-40)59(41-31-27-39(28-32-41)38-15-4-3-5-16-38)43-35-36-55-47(37-43)45-17-7-13-26-54(45)60-55/h3-37H,1-2H3. The van der Waals surface area contributed by atoms with Crippen molar-refractivity contribution in [3.05, 3.63) is 246 Å². The van der Waals surface area contributed by atoms with Crippen molar-refractivity contribution in [3.63, 3.8) is 0 Å². The molecule has 12 rings (SSSR count). The Balaban J connectivity index is 1.02. The summed E-state index contributed by atoms with van der Waals surface area (Å²) in [5.41, 5.74) is 18.6. The molecule has 0 aliphatic heterocycles. The highest BCUT2D eigenvalue weighted by Gasteiger charge is 2.53. The third-order valence-electron chi connectivity index (χ3n) is 13.4. The van der Waals surface area contributed by atoms with Crippen LogP contribution in [0.15, 0.2) is 212 Å². The van der Waals surface area contributed by atoms with Gasteiger partial charge in [0.25, 0.3) is 0 Å². The van der Waals surface area contributed by atoms with E-state index in [1.54, 1.807) is 0 Å². The van der Waals surface area contributed by atoms with E-state index in [0.717, 1.165) is 17.1 Å². The van der Waals surface area contributed by atoms with E-state index < -0.39 is 5.41 Å². The van der Waals surface area contributed by atoms with Crippen LogP contribution < -0.4 is 4.90 Å². The van der Waals surface area contributed by atoms with Gasteiger partial charge in [-0.3, -0.25) is 0 Å². The molecular formula is C58H41NS. The zero-order valence-corrected chi connectivity index (χ0v) is 34.4. The first kappa shape index (κ1) is 35.0. The van der Waals surface area contributed by atoms with E-state index in [0.29, 0.717) is 0 Å². The Labute approximate surface area is 355 Å². The first-order valence-corrected chi connectivity index (χ1v) is 21.7. The lowest BCUT2D eigenvalue weighted by Gasteiger charge is -2.46. The molecule has 0 atom stereocenters. The molecule has 2 aliphatic carbocycles. The van der Waals surface area contributed by atoms with Gasteiger partial charge >= 0.3 is 0 Å². The number of benzene rings is 9. The molecule has 10 aromatic rings. The fraction of sp³-hybridized carbons (Fsp3) is 0.0690. The van der Waals surface area contributed by atoms with Gasteiger partial charge in [0.1, 0.15) is 0 Å². The van der Waals surface area contributed by atoms with Crippen LogP contribution in [0, 0.1) is 0 Å². The number of nitrogens with zero attached hydrogens (tertiary/aromatic N) is 1.